The molecule has 1 aromatic rings. The van der Waals surface area contributed by atoms with Gasteiger partial charge in [-0.2, -0.15) is 0 Å². The molecule has 144 valence electrons. The molecule has 0 aromatic heterocycles. The number of phenols is 1. The highest BCUT2D eigenvalue weighted by molar-refractivity contribution is 14.0. The molecule has 25 heavy (non-hydrogen) atoms. The van der Waals surface area contributed by atoms with Gasteiger partial charge in [0.25, 0.3) is 0 Å². The third-order valence-corrected chi connectivity index (χ3v) is 3.77. The van der Waals surface area contributed by atoms with Gasteiger partial charge in [-0.25, -0.2) is 0 Å². The summed E-state index contributed by atoms with van der Waals surface area (Å²) in [4.78, 5) is 6.52. The van der Waals surface area contributed by atoms with Gasteiger partial charge in [-0.1, -0.05) is 12.1 Å². The highest BCUT2D eigenvalue weighted by Crippen LogP contribution is 2.10. The molecule has 1 aromatic carbocycles. The molecule has 0 saturated heterocycles. The van der Waals surface area contributed by atoms with Gasteiger partial charge in [0, 0.05) is 46.9 Å². The minimum Gasteiger partial charge on any atom is -0.508 e. The van der Waals surface area contributed by atoms with Crippen LogP contribution < -0.4 is 10.6 Å². The van der Waals surface area contributed by atoms with E-state index in [1.165, 1.54) is 5.56 Å². The van der Waals surface area contributed by atoms with Gasteiger partial charge in [-0.3, -0.25) is 4.99 Å². The number of hydrogen-bond donors (Lipinski definition) is 3. The summed E-state index contributed by atoms with van der Waals surface area (Å²) in [6.07, 6.45) is 3.05. The van der Waals surface area contributed by atoms with Crippen LogP contribution in [-0.2, 0) is 11.2 Å². The zero-order valence-corrected chi connectivity index (χ0v) is 18.0. The van der Waals surface area contributed by atoms with Crippen molar-refractivity contribution in [1.29, 1.82) is 0 Å². The number of guanidine groups is 1. The van der Waals surface area contributed by atoms with Gasteiger partial charge in [-0.15, -0.1) is 24.0 Å². The summed E-state index contributed by atoms with van der Waals surface area (Å²) in [5.41, 5.74) is 1.23. The second-order valence-electron chi connectivity index (χ2n) is 5.85. The Kier molecular flexibility index (Phi) is 14.6. The lowest BCUT2D eigenvalue weighted by atomic mass is 10.1. The van der Waals surface area contributed by atoms with Gasteiger partial charge in [-0.05, 0) is 44.0 Å². The Morgan fingerprint density at radius 3 is 2.44 bits per heavy atom. The summed E-state index contributed by atoms with van der Waals surface area (Å²) >= 11 is 0. The Hall–Kier alpha value is -1.06. The molecule has 0 spiro atoms. The first-order valence-electron chi connectivity index (χ1n) is 8.55. The lowest BCUT2D eigenvalue weighted by Crippen LogP contribution is -2.41. The zero-order chi connectivity index (χ0) is 17.6. The first kappa shape index (κ1) is 23.9. The molecular formula is C18H33IN4O2. The van der Waals surface area contributed by atoms with Crippen LogP contribution in [0.4, 0.5) is 0 Å². The monoisotopic (exact) mass is 464 g/mol. The standard InChI is InChI=1S/C18H32N4O2.HI/c1-19-18(21-12-14-22(2)13-5-15-24-3)20-11-4-6-16-7-9-17(23)10-8-16;/h7-10,23H,4-6,11-15H2,1-3H3,(H2,19,20,21);1H. The maximum Gasteiger partial charge on any atom is 0.191 e. The van der Waals surface area contributed by atoms with E-state index in [4.69, 9.17) is 4.74 Å². The number of aryl methyl sites for hydroxylation is 1. The largest absolute Gasteiger partial charge is 0.508 e. The molecule has 6 nitrogen and oxygen atoms in total. The fraction of sp³-hybridized carbons (Fsp3) is 0.611. The third-order valence-electron chi connectivity index (χ3n) is 3.77. The van der Waals surface area contributed by atoms with E-state index in [1.807, 2.05) is 12.1 Å². The number of benzene rings is 1. The zero-order valence-electron chi connectivity index (χ0n) is 15.6. The quantitative estimate of drug-likeness (QED) is 0.203. The molecule has 0 unspecified atom stereocenters. The highest BCUT2D eigenvalue weighted by atomic mass is 127. The van der Waals surface area contributed by atoms with Gasteiger partial charge in [0.15, 0.2) is 5.96 Å². The number of halogens is 1. The van der Waals surface area contributed by atoms with Crippen LogP contribution in [0.2, 0.25) is 0 Å². The Morgan fingerprint density at radius 1 is 1.12 bits per heavy atom. The van der Waals surface area contributed by atoms with E-state index in [-0.39, 0.29) is 24.0 Å². The number of methoxy groups -OCH3 is 1. The van der Waals surface area contributed by atoms with Crippen molar-refractivity contribution < 1.29 is 9.84 Å². The van der Waals surface area contributed by atoms with Gasteiger partial charge < -0.3 is 25.4 Å². The molecule has 7 heteroatoms. The van der Waals surface area contributed by atoms with Crippen LogP contribution in [0.5, 0.6) is 5.75 Å². The molecular weight excluding hydrogens is 431 g/mol. The smallest absolute Gasteiger partial charge is 0.191 e. The van der Waals surface area contributed by atoms with Crippen molar-refractivity contribution >= 4 is 29.9 Å². The molecule has 0 heterocycles. The number of aromatic hydroxyl groups is 1. The highest BCUT2D eigenvalue weighted by Gasteiger charge is 2.01. The molecule has 0 aliphatic carbocycles. The summed E-state index contributed by atoms with van der Waals surface area (Å²) in [5, 5.41) is 15.9. The van der Waals surface area contributed by atoms with Crippen molar-refractivity contribution in [2.24, 2.45) is 4.99 Å². The van der Waals surface area contributed by atoms with Gasteiger partial charge >= 0.3 is 0 Å². The Labute approximate surface area is 169 Å². The number of ether oxygens (including phenoxy) is 1. The number of likely N-dealkylation sites (N-methyl/N-ethyl adjacent to an activating group) is 1. The number of hydrogen-bond acceptors (Lipinski definition) is 4. The van der Waals surface area contributed by atoms with Crippen molar-refractivity contribution in [3.05, 3.63) is 29.8 Å². The minimum atomic E-state index is 0. The normalized spacial score (nSPS) is 11.3. The first-order valence-corrected chi connectivity index (χ1v) is 8.55. The van der Waals surface area contributed by atoms with Gasteiger partial charge in [0.1, 0.15) is 5.75 Å². The Morgan fingerprint density at radius 2 is 1.80 bits per heavy atom. The third kappa shape index (κ3) is 12.0. The maximum absolute atomic E-state index is 9.27. The van der Waals surface area contributed by atoms with E-state index in [1.54, 1.807) is 26.3 Å². The van der Waals surface area contributed by atoms with Gasteiger partial charge in [0.05, 0.1) is 0 Å². The number of nitrogens with zero attached hydrogens (tertiary/aromatic N) is 2. The Bertz CT molecular complexity index is 469. The maximum atomic E-state index is 9.27. The summed E-state index contributed by atoms with van der Waals surface area (Å²) < 4.78 is 5.06. The van der Waals surface area contributed by atoms with Crippen LogP contribution in [-0.4, -0.2) is 70.0 Å². The Balaban J connectivity index is 0.00000576. The van der Waals surface area contributed by atoms with Crippen molar-refractivity contribution in [2.45, 2.75) is 19.3 Å². The van der Waals surface area contributed by atoms with E-state index in [0.29, 0.717) is 5.75 Å². The van der Waals surface area contributed by atoms with Crippen LogP contribution in [0.3, 0.4) is 0 Å². The predicted molar refractivity (Wildman–Crippen MR) is 115 cm³/mol. The van der Waals surface area contributed by atoms with E-state index < -0.39 is 0 Å². The number of rotatable bonds is 11. The predicted octanol–water partition coefficient (Wildman–Crippen LogP) is 2.08. The van der Waals surface area contributed by atoms with E-state index in [2.05, 4.69) is 27.6 Å². The van der Waals surface area contributed by atoms with Gasteiger partial charge in [0.2, 0.25) is 0 Å². The molecule has 0 fully saturated rings. The molecule has 3 N–H and O–H groups in total. The lowest BCUT2D eigenvalue weighted by Gasteiger charge is -2.18. The SMILES string of the molecule is CN=C(NCCCc1ccc(O)cc1)NCCN(C)CCCOC.I. The van der Waals surface area contributed by atoms with Crippen LogP contribution in [0, 0.1) is 0 Å². The van der Waals surface area contributed by atoms with Crippen LogP contribution in [0.25, 0.3) is 0 Å². The first-order chi connectivity index (χ1) is 11.7. The van der Waals surface area contributed by atoms with Crippen molar-refractivity contribution in [2.75, 3.05) is 54.0 Å². The summed E-state index contributed by atoms with van der Waals surface area (Å²) in [6.45, 7) is 4.54. The van der Waals surface area contributed by atoms with Crippen LogP contribution >= 0.6 is 24.0 Å². The second kappa shape index (κ2) is 15.2. The fourth-order valence-corrected chi connectivity index (χ4v) is 2.34. The molecule has 0 saturated carbocycles. The molecule has 0 radical (unpaired) electrons. The van der Waals surface area contributed by atoms with Crippen molar-refractivity contribution in [3.8, 4) is 5.75 Å². The molecule has 1 rings (SSSR count). The average Bonchev–Trinajstić information content (AvgIpc) is 2.59. The summed E-state index contributed by atoms with van der Waals surface area (Å²) in [7, 11) is 5.64. The molecule has 0 aliphatic heterocycles. The van der Waals surface area contributed by atoms with E-state index >= 15 is 0 Å². The van der Waals surface area contributed by atoms with E-state index in [0.717, 1.165) is 58.0 Å². The fourth-order valence-electron chi connectivity index (χ4n) is 2.34. The van der Waals surface area contributed by atoms with Crippen LogP contribution in [0.15, 0.2) is 29.3 Å². The van der Waals surface area contributed by atoms with E-state index in [9.17, 15) is 5.11 Å². The van der Waals surface area contributed by atoms with Crippen LogP contribution in [0.1, 0.15) is 18.4 Å². The molecule has 0 amide bonds. The number of nitrogens with one attached hydrogen (secondary N) is 2. The summed E-state index contributed by atoms with van der Waals surface area (Å²) in [5.74, 6) is 1.15. The molecule has 0 atom stereocenters. The summed E-state index contributed by atoms with van der Waals surface area (Å²) in [6, 6.07) is 7.38. The molecule has 0 bridgehead atoms. The lowest BCUT2D eigenvalue weighted by molar-refractivity contribution is 0.180. The average molecular weight is 464 g/mol. The number of phenolic OH excluding ortho intramolecular Hbond substituents is 1. The minimum absolute atomic E-state index is 0. The van der Waals surface area contributed by atoms with Crippen molar-refractivity contribution in [3.63, 3.8) is 0 Å². The van der Waals surface area contributed by atoms with Crippen molar-refractivity contribution in [1.82, 2.24) is 15.5 Å². The molecule has 0 aliphatic rings. The second-order valence-corrected chi connectivity index (χ2v) is 5.85. The topological polar surface area (TPSA) is 69.1 Å². The number of aliphatic imine (C=N–C) groups is 1.